The van der Waals surface area contributed by atoms with Crippen molar-refractivity contribution in [2.45, 2.75) is 52.6 Å². The predicted molar refractivity (Wildman–Crippen MR) is 82.3 cm³/mol. The van der Waals surface area contributed by atoms with E-state index >= 15 is 0 Å². The normalized spacial score (nSPS) is 23.6. The first-order chi connectivity index (χ1) is 8.97. The van der Waals surface area contributed by atoms with Crippen molar-refractivity contribution in [1.82, 2.24) is 4.98 Å². The number of aromatic nitrogens is 1. The number of nitrogen functional groups attached to an aromatic ring is 1. The summed E-state index contributed by atoms with van der Waals surface area (Å²) in [4.78, 5) is 4.43. The SMILES string of the molecule is Cc1nc(O[C@H]2CC[C@H](C(C)C)CC2)c(Br)cc1N. The van der Waals surface area contributed by atoms with Gasteiger partial charge in [0.05, 0.1) is 15.9 Å². The maximum absolute atomic E-state index is 6.04. The molecular formula is C15H23BrN2O. The van der Waals surface area contributed by atoms with Crippen LogP contribution in [0.4, 0.5) is 5.69 Å². The van der Waals surface area contributed by atoms with E-state index in [1.165, 1.54) is 12.8 Å². The van der Waals surface area contributed by atoms with Gasteiger partial charge in [0.25, 0.3) is 0 Å². The minimum absolute atomic E-state index is 0.293. The van der Waals surface area contributed by atoms with Gasteiger partial charge in [-0.3, -0.25) is 0 Å². The lowest BCUT2D eigenvalue weighted by atomic mass is 9.80. The highest BCUT2D eigenvalue weighted by atomic mass is 79.9. The maximum Gasteiger partial charge on any atom is 0.228 e. The number of nitrogens with two attached hydrogens (primary N) is 1. The molecule has 0 spiro atoms. The zero-order valence-corrected chi connectivity index (χ0v) is 13.5. The van der Waals surface area contributed by atoms with E-state index in [-0.39, 0.29) is 0 Å². The Kier molecular flexibility index (Phi) is 4.71. The van der Waals surface area contributed by atoms with Crippen molar-refractivity contribution in [3.05, 3.63) is 16.2 Å². The lowest BCUT2D eigenvalue weighted by Crippen LogP contribution is -2.26. The second-order valence-corrected chi connectivity index (χ2v) is 6.70. The summed E-state index contributed by atoms with van der Waals surface area (Å²) in [6, 6.07) is 1.87. The van der Waals surface area contributed by atoms with E-state index < -0.39 is 0 Å². The molecule has 0 unspecified atom stereocenters. The van der Waals surface area contributed by atoms with Crippen LogP contribution < -0.4 is 10.5 Å². The fourth-order valence-corrected chi connectivity index (χ4v) is 3.12. The van der Waals surface area contributed by atoms with Crippen LogP contribution in [-0.4, -0.2) is 11.1 Å². The van der Waals surface area contributed by atoms with Crippen LogP contribution in [-0.2, 0) is 0 Å². The number of aryl methyl sites for hydroxylation is 1. The van der Waals surface area contributed by atoms with E-state index in [1.807, 2.05) is 13.0 Å². The molecule has 0 aliphatic heterocycles. The van der Waals surface area contributed by atoms with E-state index in [0.717, 1.165) is 34.8 Å². The summed E-state index contributed by atoms with van der Waals surface area (Å²) in [5.74, 6) is 2.31. The Morgan fingerprint density at radius 1 is 1.32 bits per heavy atom. The van der Waals surface area contributed by atoms with Crippen LogP contribution in [0.15, 0.2) is 10.5 Å². The minimum Gasteiger partial charge on any atom is -0.474 e. The summed E-state index contributed by atoms with van der Waals surface area (Å²) in [6.45, 7) is 6.53. The first-order valence-electron chi connectivity index (χ1n) is 7.06. The van der Waals surface area contributed by atoms with E-state index in [9.17, 15) is 0 Å². The zero-order valence-electron chi connectivity index (χ0n) is 11.9. The molecule has 4 heteroatoms. The monoisotopic (exact) mass is 326 g/mol. The van der Waals surface area contributed by atoms with Crippen molar-refractivity contribution < 1.29 is 4.74 Å². The molecule has 1 aliphatic carbocycles. The highest BCUT2D eigenvalue weighted by molar-refractivity contribution is 9.10. The molecule has 1 aromatic rings. The van der Waals surface area contributed by atoms with Gasteiger partial charge in [0.15, 0.2) is 0 Å². The first kappa shape index (κ1) is 14.6. The number of anilines is 1. The summed E-state index contributed by atoms with van der Waals surface area (Å²) in [6.07, 6.45) is 5.06. The number of pyridine rings is 1. The molecule has 0 bridgehead atoms. The topological polar surface area (TPSA) is 48.1 Å². The Morgan fingerprint density at radius 3 is 2.53 bits per heavy atom. The molecule has 2 N–H and O–H groups in total. The van der Waals surface area contributed by atoms with Gasteiger partial charge in [-0.15, -0.1) is 0 Å². The first-order valence-corrected chi connectivity index (χ1v) is 7.86. The largest absolute Gasteiger partial charge is 0.474 e. The standard InChI is InChI=1S/C15H23BrN2O/c1-9(2)11-4-6-12(7-5-11)19-15-13(16)8-14(17)10(3)18-15/h8-9,11-12H,4-7,17H2,1-3H3/t11-,12-. The summed E-state index contributed by atoms with van der Waals surface area (Å²) in [7, 11) is 0. The second-order valence-electron chi connectivity index (χ2n) is 5.85. The van der Waals surface area contributed by atoms with Gasteiger partial charge in [-0.05, 0) is 66.4 Å². The molecule has 1 fully saturated rings. The molecule has 0 saturated heterocycles. The van der Waals surface area contributed by atoms with E-state index in [4.69, 9.17) is 10.5 Å². The van der Waals surface area contributed by atoms with Crippen molar-refractivity contribution >= 4 is 21.6 Å². The fraction of sp³-hybridized carbons (Fsp3) is 0.667. The smallest absolute Gasteiger partial charge is 0.228 e. The van der Waals surface area contributed by atoms with Gasteiger partial charge in [-0.1, -0.05) is 13.8 Å². The summed E-state index contributed by atoms with van der Waals surface area (Å²) in [5.41, 5.74) is 7.35. The molecule has 1 heterocycles. The van der Waals surface area contributed by atoms with E-state index in [1.54, 1.807) is 0 Å². The van der Waals surface area contributed by atoms with Crippen molar-refractivity contribution in [2.24, 2.45) is 11.8 Å². The molecule has 0 atom stereocenters. The van der Waals surface area contributed by atoms with Gasteiger partial charge in [0.2, 0.25) is 5.88 Å². The molecule has 0 amide bonds. The van der Waals surface area contributed by atoms with Crippen LogP contribution in [0, 0.1) is 18.8 Å². The number of halogens is 1. The highest BCUT2D eigenvalue weighted by Gasteiger charge is 2.25. The van der Waals surface area contributed by atoms with Gasteiger partial charge in [-0.25, -0.2) is 4.98 Å². The van der Waals surface area contributed by atoms with Crippen molar-refractivity contribution in [2.75, 3.05) is 5.73 Å². The molecule has 3 nitrogen and oxygen atoms in total. The van der Waals surface area contributed by atoms with Gasteiger partial charge in [0, 0.05) is 0 Å². The average molecular weight is 327 g/mol. The van der Waals surface area contributed by atoms with E-state index in [2.05, 4.69) is 34.8 Å². The predicted octanol–water partition coefficient (Wildman–Crippen LogP) is 4.33. The Morgan fingerprint density at radius 2 is 1.95 bits per heavy atom. The lowest BCUT2D eigenvalue weighted by Gasteiger charge is -2.31. The molecule has 1 saturated carbocycles. The van der Waals surface area contributed by atoms with Crippen molar-refractivity contribution in [1.29, 1.82) is 0 Å². The second kappa shape index (κ2) is 6.12. The third kappa shape index (κ3) is 3.62. The molecular weight excluding hydrogens is 304 g/mol. The van der Waals surface area contributed by atoms with Crippen LogP contribution in [0.3, 0.4) is 0 Å². The minimum atomic E-state index is 0.293. The van der Waals surface area contributed by atoms with E-state index in [0.29, 0.717) is 17.7 Å². The molecule has 0 aromatic carbocycles. The highest BCUT2D eigenvalue weighted by Crippen LogP contribution is 2.34. The van der Waals surface area contributed by atoms with Crippen LogP contribution in [0.1, 0.15) is 45.2 Å². The van der Waals surface area contributed by atoms with Gasteiger partial charge < -0.3 is 10.5 Å². The number of ether oxygens (including phenoxy) is 1. The zero-order chi connectivity index (χ0) is 14.0. The number of hydrogen-bond acceptors (Lipinski definition) is 3. The Hall–Kier alpha value is -0.770. The average Bonchev–Trinajstić information content (AvgIpc) is 2.36. The quantitative estimate of drug-likeness (QED) is 0.899. The molecule has 19 heavy (non-hydrogen) atoms. The van der Waals surface area contributed by atoms with Crippen molar-refractivity contribution in [3.63, 3.8) is 0 Å². The summed E-state index contributed by atoms with van der Waals surface area (Å²) < 4.78 is 6.89. The number of nitrogens with zero attached hydrogens (tertiary/aromatic N) is 1. The number of rotatable bonds is 3. The maximum atomic E-state index is 6.04. The van der Waals surface area contributed by atoms with Gasteiger partial charge in [0.1, 0.15) is 6.10 Å². The Labute approximate surface area is 124 Å². The van der Waals surface area contributed by atoms with Crippen LogP contribution in [0.5, 0.6) is 5.88 Å². The van der Waals surface area contributed by atoms with Crippen LogP contribution in [0.25, 0.3) is 0 Å². The number of hydrogen-bond donors (Lipinski definition) is 1. The Balaban J connectivity index is 1.98. The van der Waals surface area contributed by atoms with Crippen molar-refractivity contribution in [3.8, 4) is 5.88 Å². The molecule has 106 valence electrons. The Bertz CT molecular complexity index is 440. The van der Waals surface area contributed by atoms with Gasteiger partial charge in [-0.2, -0.15) is 0 Å². The fourth-order valence-electron chi connectivity index (χ4n) is 2.69. The molecule has 1 aliphatic rings. The third-order valence-corrected chi connectivity index (χ3v) is 4.68. The van der Waals surface area contributed by atoms with Crippen LogP contribution in [0.2, 0.25) is 0 Å². The molecule has 0 radical (unpaired) electrons. The summed E-state index contributed by atoms with van der Waals surface area (Å²) in [5, 5.41) is 0. The molecule has 2 rings (SSSR count). The van der Waals surface area contributed by atoms with Gasteiger partial charge >= 0.3 is 0 Å². The summed E-state index contributed by atoms with van der Waals surface area (Å²) >= 11 is 3.48. The molecule has 1 aromatic heterocycles. The lowest BCUT2D eigenvalue weighted by molar-refractivity contribution is 0.111. The van der Waals surface area contributed by atoms with Crippen LogP contribution >= 0.6 is 15.9 Å². The third-order valence-electron chi connectivity index (χ3n) is 4.11.